The Kier molecular flexibility index (Phi) is 11.6. The highest BCUT2D eigenvalue weighted by Crippen LogP contribution is 2.38. The molecule has 9 nitrogen and oxygen atoms in total. The molecular formula is C33H49FN4O5S. The zero-order valence-electron chi connectivity index (χ0n) is 26.2. The minimum atomic E-state index is -3.68. The van der Waals surface area contributed by atoms with Gasteiger partial charge in [0.1, 0.15) is 18.3 Å². The highest BCUT2D eigenvalue weighted by Gasteiger charge is 2.42. The third-order valence-electron chi connectivity index (χ3n) is 9.11. The number of aliphatic hydroxyl groups excluding tert-OH is 1. The molecule has 1 heterocycles. The van der Waals surface area contributed by atoms with Gasteiger partial charge in [-0.25, -0.2) is 17.8 Å². The van der Waals surface area contributed by atoms with Crippen LogP contribution in [0.5, 0.6) is 0 Å². The van der Waals surface area contributed by atoms with Gasteiger partial charge in [0.05, 0.1) is 28.8 Å². The van der Waals surface area contributed by atoms with E-state index in [2.05, 4.69) is 20.6 Å². The minimum absolute atomic E-state index is 0.0651. The monoisotopic (exact) mass is 632 g/mol. The molecule has 2 aliphatic rings. The van der Waals surface area contributed by atoms with E-state index in [-0.39, 0.29) is 30.4 Å². The molecule has 1 aromatic carbocycles. The van der Waals surface area contributed by atoms with Crippen molar-refractivity contribution in [3.8, 4) is 0 Å². The summed E-state index contributed by atoms with van der Waals surface area (Å²) in [6.07, 6.45) is 7.63. The summed E-state index contributed by atoms with van der Waals surface area (Å²) in [5.74, 6) is -2.37. The second-order valence-corrected chi connectivity index (χ2v) is 16.5. The summed E-state index contributed by atoms with van der Waals surface area (Å²) in [5, 5.41) is 16.8. The highest BCUT2D eigenvalue weighted by atomic mass is 32.2. The predicted octanol–water partition coefficient (Wildman–Crippen LogP) is 4.07. The molecule has 4 rings (SSSR count). The first kappa shape index (κ1) is 34.1. The lowest BCUT2D eigenvalue weighted by molar-refractivity contribution is -0.132. The Balaban J connectivity index is 1.56. The van der Waals surface area contributed by atoms with Gasteiger partial charge in [-0.1, -0.05) is 62.4 Å². The van der Waals surface area contributed by atoms with E-state index in [1.807, 2.05) is 30.3 Å². The molecule has 244 valence electrons. The summed E-state index contributed by atoms with van der Waals surface area (Å²) < 4.78 is 40.6. The van der Waals surface area contributed by atoms with Crippen LogP contribution in [-0.2, 0) is 32.3 Å². The number of nitrogens with zero attached hydrogens (tertiary/aromatic N) is 1. The van der Waals surface area contributed by atoms with Crippen LogP contribution < -0.4 is 10.6 Å². The van der Waals surface area contributed by atoms with Crippen molar-refractivity contribution in [1.29, 1.82) is 0 Å². The average molecular weight is 633 g/mol. The van der Waals surface area contributed by atoms with Crippen LogP contribution in [0.15, 0.2) is 42.9 Å². The number of sulfone groups is 1. The molecule has 4 N–H and O–H groups in total. The predicted molar refractivity (Wildman–Crippen MR) is 168 cm³/mol. The fourth-order valence-corrected chi connectivity index (χ4v) is 7.32. The lowest BCUT2D eigenvalue weighted by atomic mass is 9.82. The van der Waals surface area contributed by atoms with Crippen molar-refractivity contribution in [3.63, 3.8) is 0 Å². The van der Waals surface area contributed by atoms with E-state index >= 15 is 4.39 Å². The van der Waals surface area contributed by atoms with Gasteiger partial charge >= 0.3 is 0 Å². The molecule has 0 unspecified atom stereocenters. The molecule has 0 aliphatic heterocycles. The fraction of sp³-hybridized carbons (Fsp3) is 0.667. The molecule has 0 bridgehead atoms. The molecule has 2 aliphatic carbocycles. The number of benzene rings is 1. The van der Waals surface area contributed by atoms with Crippen LogP contribution in [0.2, 0.25) is 0 Å². The number of carbonyl (C=O) groups is 2. The number of carbonyl (C=O) groups excluding carboxylic acids is 2. The number of hydrogen-bond acceptors (Lipinski definition) is 6. The molecule has 11 heteroatoms. The molecule has 0 saturated heterocycles. The summed E-state index contributed by atoms with van der Waals surface area (Å²) in [6, 6.07) is 7.27. The molecule has 2 amide bonds. The Morgan fingerprint density at radius 3 is 2.30 bits per heavy atom. The summed E-state index contributed by atoms with van der Waals surface area (Å²) in [6.45, 7) is 4.81. The zero-order valence-corrected chi connectivity index (χ0v) is 27.0. The van der Waals surface area contributed by atoms with Crippen molar-refractivity contribution in [2.24, 2.45) is 17.8 Å². The van der Waals surface area contributed by atoms with Crippen LogP contribution in [-0.4, -0.2) is 70.2 Å². The van der Waals surface area contributed by atoms with Gasteiger partial charge in [0, 0.05) is 18.3 Å². The number of nitrogens with one attached hydrogen (secondary N) is 3. The summed E-state index contributed by atoms with van der Waals surface area (Å²) in [5.41, 5.74) is 1.40. The van der Waals surface area contributed by atoms with Crippen LogP contribution in [0.25, 0.3) is 0 Å². The first-order chi connectivity index (χ1) is 20.8. The van der Waals surface area contributed by atoms with Gasteiger partial charge in [-0.15, -0.1) is 0 Å². The van der Waals surface area contributed by atoms with E-state index in [0.29, 0.717) is 12.1 Å². The number of aliphatic hydroxyl groups is 1. The third-order valence-corrected chi connectivity index (χ3v) is 11.8. The van der Waals surface area contributed by atoms with Crippen LogP contribution in [0.1, 0.15) is 83.4 Å². The van der Waals surface area contributed by atoms with E-state index in [4.69, 9.17) is 0 Å². The third kappa shape index (κ3) is 9.60. The number of hydrogen-bond donors (Lipinski definition) is 4. The van der Waals surface area contributed by atoms with Gasteiger partial charge in [0.25, 0.3) is 0 Å². The Morgan fingerprint density at radius 2 is 1.70 bits per heavy atom. The first-order valence-electron chi connectivity index (χ1n) is 16.0. The second kappa shape index (κ2) is 15.0. The molecule has 44 heavy (non-hydrogen) atoms. The maximum Gasteiger partial charge on any atom is 0.243 e. The molecule has 2 aromatic rings. The smallest absolute Gasteiger partial charge is 0.243 e. The highest BCUT2D eigenvalue weighted by molar-refractivity contribution is 7.92. The summed E-state index contributed by atoms with van der Waals surface area (Å²) in [4.78, 5) is 34.7. The maximum absolute atomic E-state index is 15.2. The van der Waals surface area contributed by atoms with Crippen LogP contribution in [0.4, 0.5) is 4.39 Å². The van der Waals surface area contributed by atoms with Crippen molar-refractivity contribution >= 4 is 21.7 Å². The molecular weight excluding hydrogens is 583 g/mol. The summed E-state index contributed by atoms with van der Waals surface area (Å²) >= 11 is 0. The number of alkyl halides is 1. The number of imidazole rings is 1. The zero-order chi connectivity index (χ0) is 31.9. The van der Waals surface area contributed by atoms with E-state index in [0.717, 1.165) is 50.5 Å². The number of H-pyrrole nitrogens is 1. The molecule has 2 fully saturated rings. The average Bonchev–Trinajstić information content (AvgIpc) is 3.71. The van der Waals surface area contributed by atoms with E-state index in [1.165, 1.54) is 6.33 Å². The number of halogens is 1. The van der Waals surface area contributed by atoms with Gasteiger partial charge in [0.2, 0.25) is 11.8 Å². The van der Waals surface area contributed by atoms with Crippen LogP contribution >= 0.6 is 0 Å². The lowest BCUT2D eigenvalue weighted by Gasteiger charge is -2.33. The van der Waals surface area contributed by atoms with E-state index in [9.17, 15) is 23.1 Å². The van der Waals surface area contributed by atoms with E-state index < -0.39 is 56.7 Å². The number of amides is 2. The van der Waals surface area contributed by atoms with Crippen LogP contribution in [0, 0.1) is 17.8 Å². The molecule has 5 atom stereocenters. The van der Waals surface area contributed by atoms with E-state index in [1.54, 1.807) is 27.0 Å². The molecule has 2 saturated carbocycles. The second-order valence-electron chi connectivity index (χ2n) is 13.7. The number of rotatable bonds is 15. The maximum atomic E-state index is 15.2. The Hall–Kier alpha value is -2.79. The lowest BCUT2D eigenvalue weighted by Crippen LogP contribution is -2.56. The first-order valence-corrected chi connectivity index (χ1v) is 17.7. The normalized spacial score (nSPS) is 19.8. The topological polar surface area (TPSA) is 141 Å². The SMILES string of the molecule is CC(C)(C)S(=O)(=O)C[C@@H](Cc1ccccc1)C(=O)N[C@@H](Cc1cnc[nH]1)C(=O)N[C@@H](CC1CCCCC1)[C@@H](O)[C@H](F)C1CC1. The van der Waals surface area contributed by atoms with Crippen molar-refractivity contribution in [2.75, 3.05) is 5.75 Å². The van der Waals surface area contributed by atoms with Crippen molar-refractivity contribution in [3.05, 3.63) is 54.1 Å². The molecule has 0 radical (unpaired) electrons. The van der Waals surface area contributed by atoms with Gasteiger partial charge in [-0.2, -0.15) is 0 Å². The Labute approximate surface area is 261 Å². The minimum Gasteiger partial charge on any atom is -0.388 e. The van der Waals surface area contributed by atoms with Gasteiger partial charge in [0.15, 0.2) is 9.84 Å². The van der Waals surface area contributed by atoms with Gasteiger partial charge in [-0.3, -0.25) is 9.59 Å². The Morgan fingerprint density at radius 1 is 1.02 bits per heavy atom. The molecule has 1 aromatic heterocycles. The van der Waals surface area contributed by atoms with Gasteiger partial charge in [-0.05, 0) is 63.9 Å². The summed E-state index contributed by atoms with van der Waals surface area (Å²) in [7, 11) is -3.68. The number of aromatic nitrogens is 2. The van der Waals surface area contributed by atoms with Crippen LogP contribution in [0.3, 0.4) is 0 Å². The molecule has 0 spiro atoms. The van der Waals surface area contributed by atoms with Crippen molar-refractivity contribution in [1.82, 2.24) is 20.6 Å². The quantitative estimate of drug-likeness (QED) is 0.233. The Bertz CT molecular complexity index is 1310. The standard InChI is InChI=1S/C33H49FN4O5S/c1-33(2,3)44(42,43)20-25(16-22-10-6-4-7-11-22)31(40)38-28(18-26-19-35-21-36-26)32(41)37-27(17-23-12-8-5-9-13-23)30(39)29(34)24-14-15-24/h4,6-7,10-11,19,21,23-25,27-30,39H,5,8-9,12-18,20H2,1-3H3,(H,35,36)(H,37,41)(H,38,40)/t25-,27+,28+,29-,30-/m1/s1. The van der Waals surface area contributed by atoms with Crippen molar-refractivity contribution < 1.29 is 27.5 Å². The van der Waals surface area contributed by atoms with Gasteiger partial charge < -0.3 is 20.7 Å². The van der Waals surface area contributed by atoms with Crippen molar-refractivity contribution in [2.45, 2.75) is 114 Å². The largest absolute Gasteiger partial charge is 0.388 e. The number of aromatic amines is 1. The fourth-order valence-electron chi connectivity index (χ4n) is 6.02.